The summed E-state index contributed by atoms with van der Waals surface area (Å²) < 4.78 is 28.4. The van der Waals surface area contributed by atoms with E-state index in [4.69, 9.17) is 0 Å². The molecular formula is C24H28N2O3S. The Kier molecular flexibility index (Phi) is 6.06. The van der Waals surface area contributed by atoms with Crippen molar-refractivity contribution in [3.05, 3.63) is 66.2 Å². The van der Waals surface area contributed by atoms with E-state index < -0.39 is 10.0 Å². The van der Waals surface area contributed by atoms with Gasteiger partial charge in [0, 0.05) is 17.8 Å². The number of anilines is 1. The van der Waals surface area contributed by atoms with Gasteiger partial charge in [-0.15, -0.1) is 0 Å². The zero-order chi connectivity index (χ0) is 21.1. The van der Waals surface area contributed by atoms with Gasteiger partial charge in [-0.25, -0.2) is 13.1 Å². The second kappa shape index (κ2) is 8.74. The molecule has 30 heavy (non-hydrogen) atoms. The van der Waals surface area contributed by atoms with Gasteiger partial charge in [0.25, 0.3) is 0 Å². The predicted octanol–water partition coefficient (Wildman–Crippen LogP) is 4.44. The highest BCUT2D eigenvalue weighted by Crippen LogP contribution is 2.49. The van der Waals surface area contributed by atoms with E-state index in [-0.39, 0.29) is 16.8 Å². The van der Waals surface area contributed by atoms with Crippen LogP contribution in [-0.4, -0.2) is 20.4 Å². The van der Waals surface area contributed by atoms with Gasteiger partial charge in [0.15, 0.2) is 0 Å². The van der Waals surface area contributed by atoms with E-state index in [0.29, 0.717) is 17.5 Å². The average molecular weight is 425 g/mol. The topological polar surface area (TPSA) is 75.3 Å². The van der Waals surface area contributed by atoms with E-state index in [1.165, 1.54) is 37.5 Å². The number of carbonyl (C=O) groups is 1. The van der Waals surface area contributed by atoms with Gasteiger partial charge in [-0.1, -0.05) is 36.8 Å². The monoisotopic (exact) mass is 424 g/mol. The highest BCUT2D eigenvalue weighted by Gasteiger charge is 2.42. The highest BCUT2D eigenvalue weighted by atomic mass is 32.2. The van der Waals surface area contributed by atoms with Crippen molar-refractivity contribution in [1.29, 1.82) is 0 Å². The lowest BCUT2D eigenvalue weighted by molar-refractivity contribution is -0.111. The first-order valence-electron chi connectivity index (χ1n) is 10.6. The Balaban J connectivity index is 1.35. The molecule has 2 fully saturated rings. The molecule has 0 aliphatic heterocycles. The van der Waals surface area contributed by atoms with Crippen LogP contribution in [0.1, 0.15) is 38.2 Å². The molecule has 1 amide bonds. The average Bonchev–Trinajstić information content (AvgIpc) is 3.37. The zero-order valence-electron chi connectivity index (χ0n) is 17.1. The lowest BCUT2D eigenvalue weighted by atomic mass is 9.84. The molecule has 2 aliphatic carbocycles. The number of amides is 1. The summed E-state index contributed by atoms with van der Waals surface area (Å²) >= 11 is 0. The van der Waals surface area contributed by atoms with Gasteiger partial charge < -0.3 is 5.32 Å². The van der Waals surface area contributed by atoms with Crippen LogP contribution in [0.3, 0.4) is 0 Å². The van der Waals surface area contributed by atoms with E-state index in [2.05, 4.69) is 10.0 Å². The van der Waals surface area contributed by atoms with Crippen LogP contribution in [0.5, 0.6) is 0 Å². The molecule has 2 aromatic carbocycles. The van der Waals surface area contributed by atoms with Crippen LogP contribution in [0.15, 0.2) is 65.6 Å². The van der Waals surface area contributed by atoms with Crippen molar-refractivity contribution in [3.8, 4) is 0 Å². The number of hydrogen-bond donors (Lipinski definition) is 2. The summed E-state index contributed by atoms with van der Waals surface area (Å²) in [6.07, 6.45) is 8.11. The highest BCUT2D eigenvalue weighted by molar-refractivity contribution is 7.89. The van der Waals surface area contributed by atoms with Crippen LogP contribution >= 0.6 is 0 Å². The van der Waals surface area contributed by atoms with Crippen molar-refractivity contribution in [2.45, 2.75) is 43.5 Å². The van der Waals surface area contributed by atoms with Gasteiger partial charge >= 0.3 is 0 Å². The minimum Gasteiger partial charge on any atom is -0.323 e. The Morgan fingerprint density at radius 3 is 2.40 bits per heavy atom. The van der Waals surface area contributed by atoms with Crippen molar-refractivity contribution in [1.82, 2.24) is 4.72 Å². The van der Waals surface area contributed by atoms with Gasteiger partial charge in [-0.2, -0.15) is 0 Å². The molecule has 2 aliphatic rings. The predicted molar refractivity (Wildman–Crippen MR) is 119 cm³/mol. The number of hydrogen-bond acceptors (Lipinski definition) is 3. The molecule has 0 aromatic heterocycles. The fourth-order valence-corrected chi connectivity index (χ4v) is 6.24. The van der Waals surface area contributed by atoms with Crippen LogP contribution in [-0.2, 0) is 14.8 Å². The molecule has 158 valence electrons. The summed E-state index contributed by atoms with van der Waals surface area (Å²) in [4.78, 5) is 12.3. The number of benzene rings is 2. The molecule has 6 heteroatoms. The molecule has 5 nitrogen and oxygen atoms in total. The SMILES string of the molecule is C[C@@H](NS(=O)(=O)c1ccc(NC(=O)/C=C/c2ccccc2)cc1)[C@@H]1C[C@H]2CC[C@H]1C2. The molecule has 0 saturated heterocycles. The van der Waals surface area contributed by atoms with E-state index in [1.54, 1.807) is 18.2 Å². The Bertz CT molecular complexity index is 1020. The third-order valence-corrected chi connectivity index (χ3v) is 8.01. The molecule has 4 rings (SSSR count). The molecule has 2 aromatic rings. The van der Waals surface area contributed by atoms with E-state index in [1.807, 2.05) is 37.3 Å². The Morgan fingerprint density at radius 1 is 1.03 bits per heavy atom. The molecular weight excluding hydrogens is 396 g/mol. The summed E-state index contributed by atoms with van der Waals surface area (Å²) in [6, 6.07) is 15.8. The number of fused-ring (bicyclic) bond motifs is 2. The van der Waals surface area contributed by atoms with Crippen molar-refractivity contribution >= 4 is 27.7 Å². The third-order valence-electron chi connectivity index (χ3n) is 6.43. The van der Waals surface area contributed by atoms with Gasteiger partial charge in [0.2, 0.25) is 15.9 Å². The number of nitrogens with one attached hydrogen (secondary N) is 2. The molecule has 2 bridgehead atoms. The lowest BCUT2D eigenvalue weighted by Gasteiger charge is -2.28. The van der Waals surface area contributed by atoms with Crippen LogP contribution < -0.4 is 10.0 Å². The minimum atomic E-state index is -3.58. The molecule has 0 radical (unpaired) electrons. The van der Waals surface area contributed by atoms with E-state index in [9.17, 15) is 13.2 Å². The Hall–Kier alpha value is -2.44. The summed E-state index contributed by atoms with van der Waals surface area (Å²) in [5.74, 6) is 1.62. The second-order valence-electron chi connectivity index (χ2n) is 8.51. The van der Waals surface area contributed by atoms with Crippen LogP contribution in [0.4, 0.5) is 5.69 Å². The molecule has 0 spiro atoms. The number of sulfonamides is 1. The van der Waals surface area contributed by atoms with Crippen molar-refractivity contribution in [3.63, 3.8) is 0 Å². The van der Waals surface area contributed by atoms with Gasteiger partial charge in [-0.05, 0) is 79.8 Å². The maximum absolute atomic E-state index is 12.8. The first-order valence-corrected chi connectivity index (χ1v) is 12.1. The van der Waals surface area contributed by atoms with Gasteiger partial charge in [-0.3, -0.25) is 4.79 Å². The molecule has 2 N–H and O–H groups in total. The third kappa shape index (κ3) is 4.82. The minimum absolute atomic E-state index is 0.0622. The van der Waals surface area contributed by atoms with Crippen molar-refractivity contribution in [2.75, 3.05) is 5.32 Å². The molecule has 4 atom stereocenters. The summed E-state index contributed by atoms with van der Waals surface area (Å²) in [5, 5.41) is 2.75. The molecule has 2 saturated carbocycles. The normalized spacial score (nSPS) is 24.2. The second-order valence-corrected chi connectivity index (χ2v) is 10.2. The molecule has 0 unspecified atom stereocenters. The molecule has 0 heterocycles. The number of rotatable bonds is 7. The lowest BCUT2D eigenvalue weighted by Crippen LogP contribution is -2.40. The van der Waals surface area contributed by atoms with Gasteiger partial charge in [0.05, 0.1) is 4.90 Å². The van der Waals surface area contributed by atoms with E-state index >= 15 is 0 Å². The summed E-state index contributed by atoms with van der Waals surface area (Å²) in [5.41, 5.74) is 1.49. The smallest absolute Gasteiger partial charge is 0.248 e. The van der Waals surface area contributed by atoms with Crippen LogP contribution in [0, 0.1) is 17.8 Å². The van der Waals surface area contributed by atoms with E-state index in [0.717, 1.165) is 17.9 Å². The Labute approximate surface area is 178 Å². The zero-order valence-corrected chi connectivity index (χ0v) is 17.9. The van der Waals surface area contributed by atoms with Gasteiger partial charge in [0.1, 0.15) is 0 Å². The maximum atomic E-state index is 12.8. The fraction of sp³-hybridized carbons (Fsp3) is 0.375. The maximum Gasteiger partial charge on any atom is 0.248 e. The Morgan fingerprint density at radius 2 is 1.77 bits per heavy atom. The van der Waals surface area contributed by atoms with Crippen LogP contribution in [0.2, 0.25) is 0 Å². The fourth-order valence-electron chi connectivity index (χ4n) is 4.94. The van der Waals surface area contributed by atoms with Crippen molar-refractivity contribution in [2.24, 2.45) is 17.8 Å². The largest absolute Gasteiger partial charge is 0.323 e. The van der Waals surface area contributed by atoms with Crippen molar-refractivity contribution < 1.29 is 13.2 Å². The first-order chi connectivity index (χ1) is 14.4. The van der Waals surface area contributed by atoms with Crippen LogP contribution in [0.25, 0.3) is 6.08 Å². The standard InChI is InChI=1S/C24H28N2O3S/c1-17(23-16-19-7-9-20(23)15-19)26-30(28,29)22-12-10-21(11-13-22)25-24(27)14-8-18-5-3-2-4-6-18/h2-6,8,10-14,17,19-20,23,26H,7,9,15-16H2,1H3,(H,25,27)/b14-8+/t17-,19+,20+,23+/m1/s1. The first kappa shape index (κ1) is 20.8. The summed E-state index contributed by atoms with van der Waals surface area (Å²) in [6.45, 7) is 1.98. The number of carbonyl (C=O) groups excluding carboxylic acids is 1. The summed E-state index contributed by atoms with van der Waals surface area (Å²) in [7, 11) is -3.58. The quantitative estimate of drug-likeness (QED) is 0.645.